The molecule has 4 bridgehead atoms. The Morgan fingerprint density at radius 2 is 0.905 bits per heavy atom. The molecule has 2 aromatic carbocycles. The second-order valence-corrected chi connectivity index (χ2v) is 12.3. The van der Waals surface area contributed by atoms with Crippen molar-refractivity contribution in [3.8, 4) is 0 Å². The molecule has 42 heavy (non-hydrogen) atoms. The summed E-state index contributed by atoms with van der Waals surface area (Å²) in [7, 11) is 0. The van der Waals surface area contributed by atoms with Crippen LogP contribution in [0.2, 0.25) is 0 Å². The van der Waals surface area contributed by atoms with E-state index in [4.69, 9.17) is 0 Å². The lowest BCUT2D eigenvalue weighted by atomic mass is 10.1. The van der Waals surface area contributed by atoms with Crippen LogP contribution in [0.1, 0.15) is 49.7 Å². The second kappa shape index (κ2) is 13.7. The molecule has 4 heterocycles. The Bertz CT molecular complexity index is 1160. The van der Waals surface area contributed by atoms with Crippen LogP contribution in [0.15, 0.2) is 85.0 Å². The van der Waals surface area contributed by atoms with Crippen LogP contribution in [0.5, 0.6) is 0 Å². The van der Waals surface area contributed by atoms with Gasteiger partial charge in [0.1, 0.15) is 0 Å². The van der Waals surface area contributed by atoms with Crippen LogP contribution >= 0.6 is 0 Å². The Morgan fingerprint density at radius 1 is 0.548 bits per heavy atom. The third kappa shape index (κ3) is 6.93. The Hall–Kier alpha value is -3.48. The quantitative estimate of drug-likeness (QED) is 0.377. The molecule has 6 rings (SSSR count). The summed E-state index contributed by atoms with van der Waals surface area (Å²) in [5.41, 5.74) is 2.45. The Morgan fingerprint density at radius 3 is 1.26 bits per heavy atom. The first-order chi connectivity index (χ1) is 20.6. The molecule has 0 saturated carbocycles. The lowest BCUT2D eigenvalue weighted by Gasteiger charge is -2.41. The van der Waals surface area contributed by atoms with Crippen LogP contribution in [0.25, 0.3) is 12.2 Å². The molecule has 6 nitrogen and oxygen atoms in total. The molecule has 0 aliphatic carbocycles. The van der Waals surface area contributed by atoms with Gasteiger partial charge in [0, 0.05) is 76.3 Å². The van der Waals surface area contributed by atoms with Crippen LogP contribution in [0, 0.1) is 0 Å². The number of amides is 2. The Balaban J connectivity index is 0.925. The Kier molecular flexibility index (Phi) is 9.31. The van der Waals surface area contributed by atoms with Gasteiger partial charge < -0.3 is 9.80 Å². The largest absolute Gasteiger partial charge is 0.334 e. The van der Waals surface area contributed by atoms with Gasteiger partial charge in [-0.15, -0.1) is 0 Å². The van der Waals surface area contributed by atoms with Crippen LogP contribution in [0.3, 0.4) is 0 Å². The second-order valence-electron chi connectivity index (χ2n) is 12.3. The summed E-state index contributed by atoms with van der Waals surface area (Å²) in [5, 5.41) is 0. The zero-order valence-electron chi connectivity index (χ0n) is 24.6. The van der Waals surface area contributed by atoms with Crippen molar-refractivity contribution >= 4 is 24.0 Å². The van der Waals surface area contributed by atoms with Gasteiger partial charge in [-0.25, -0.2) is 0 Å². The smallest absolute Gasteiger partial charge is 0.226 e. The maximum atomic E-state index is 13.2. The molecule has 4 aliphatic rings. The highest BCUT2D eigenvalue weighted by molar-refractivity contribution is 5.80. The van der Waals surface area contributed by atoms with Gasteiger partial charge in [-0.05, 0) is 36.8 Å². The zero-order valence-corrected chi connectivity index (χ0v) is 24.6. The summed E-state index contributed by atoms with van der Waals surface area (Å²) in [6, 6.07) is 22.1. The number of hydrogen-bond acceptors (Lipinski definition) is 4. The molecule has 4 aliphatic heterocycles. The van der Waals surface area contributed by atoms with Crippen molar-refractivity contribution < 1.29 is 9.59 Å². The molecule has 4 unspecified atom stereocenters. The number of likely N-dealkylation sites (tertiary alicyclic amines) is 2. The monoisotopic (exact) mass is 564 g/mol. The molecular formula is C36H44N4O2. The van der Waals surface area contributed by atoms with E-state index in [9.17, 15) is 9.59 Å². The summed E-state index contributed by atoms with van der Waals surface area (Å²) in [5.74, 6) is 0.422. The van der Waals surface area contributed by atoms with E-state index in [0.29, 0.717) is 37.0 Å². The van der Waals surface area contributed by atoms with Crippen LogP contribution < -0.4 is 0 Å². The molecule has 6 heteroatoms. The number of fused-ring (bicyclic) bond motifs is 4. The minimum absolute atomic E-state index is 0.211. The maximum absolute atomic E-state index is 13.2. The van der Waals surface area contributed by atoms with E-state index in [1.807, 2.05) is 24.3 Å². The number of nitrogens with zero attached hydrogens (tertiary/aromatic N) is 4. The summed E-state index contributed by atoms with van der Waals surface area (Å²) in [6.07, 6.45) is 17.9. The number of carbonyl (C=O) groups excluding carboxylic acids is 2. The van der Waals surface area contributed by atoms with Gasteiger partial charge in [-0.1, -0.05) is 97.1 Å². The normalized spacial score (nSPS) is 26.3. The fraction of sp³-hybridized carbons (Fsp3) is 0.444. The third-order valence-electron chi connectivity index (χ3n) is 9.39. The molecule has 4 atom stereocenters. The standard InChI is InChI=1S/C36H44N4O2/c41-35(39-31-19-20-32(39)26-37(25-31)23-9-15-29-11-3-1-4-12-29)17-7-8-18-36(42)40-33-21-22-34(40)28-38(27-33)24-10-16-30-13-5-2-6-14-30/h1-16,31-34H,17-28H2/b8-7+,15-9+,16-10+. The minimum atomic E-state index is 0.211. The lowest BCUT2D eigenvalue weighted by Crippen LogP contribution is -2.55. The SMILES string of the molecule is O=C(C/C=C/CC(=O)N1C2CCC1CN(C/C=C/c1ccccc1)C2)N1C2CCC1CN(C/C=C/c1ccccc1)C2. The number of carbonyl (C=O) groups is 2. The maximum Gasteiger partial charge on any atom is 0.226 e. The molecule has 0 spiro atoms. The van der Waals surface area contributed by atoms with Crippen molar-refractivity contribution in [3.05, 3.63) is 96.1 Å². The average Bonchev–Trinajstić information content (AvgIpc) is 3.44. The predicted octanol–water partition coefficient (Wildman–Crippen LogP) is 5.10. The van der Waals surface area contributed by atoms with Gasteiger partial charge in [-0.3, -0.25) is 19.4 Å². The highest BCUT2D eigenvalue weighted by atomic mass is 16.2. The minimum Gasteiger partial charge on any atom is -0.334 e. The molecule has 0 radical (unpaired) electrons. The molecular weight excluding hydrogens is 520 g/mol. The first kappa shape index (κ1) is 28.6. The molecule has 220 valence electrons. The van der Waals surface area contributed by atoms with E-state index >= 15 is 0 Å². The van der Waals surface area contributed by atoms with Crippen LogP contribution in [0.4, 0.5) is 0 Å². The van der Waals surface area contributed by atoms with Crippen molar-refractivity contribution in [2.24, 2.45) is 0 Å². The molecule has 2 aromatic rings. The highest BCUT2D eigenvalue weighted by Crippen LogP contribution is 2.32. The van der Waals surface area contributed by atoms with Gasteiger partial charge in [0.15, 0.2) is 0 Å². The van der Waals surface area contributed by atoms with Gasteiger partial charge in [0.25, 0.3) is 0 Å². The first-order valence-corrected chi connectivity index (χ1v) is 15.8. The van der Waals surface area contributed by atoms with Crippen molar-refractivity contribution in [1.82, 2.24) is 19.6 Å². The number of piperazine rings is 2. The van der Waals surface area contributed by atoms with E-state index in [1.54, 1.807) is 0 Å². The van der Waals surface area contributed by atoms with Crippen molar-refractivity contribution in [2.75, 3.05) is 39.3 Å². The molecule has 4 fully saturated rings. The van der Waals surface area contributed by atoms with Crippen LogP contribution in [-0.2, 0) is 9.59 Å². The van der Waals surface area contributed by atoms with E-state index in [0.717, 1.165) is 65.0 Å². The van der Waals surface area contributed by atoms with E-state index < -0.39 is 0 Å². The summed E-state index contributed by atoms with van der Waals surface area (Å²) in [4.78, 5) is 35.6. The molecule has 4 saturated heterocycles. The fourth-order valence-electron chi connectivity index (χ4n) is 7.48. The van der Waals surface area contributed by atoms with Crippen molar-refractivity contribution in [3.63, 3.8) is 0 Å². The first-order valence-electron chi connectivity index (χ1n) is 15.8. The average molecular weight is 565 g/mol. The highest BCUT2D eigenvalue weighted by Gasteiger charge is 2.42. The van der Waals surface area contributed by atoms with Crippen molar-refractivity contribution in [2.45, 2.75) is 62.7 Å². The summed E-state index contributed by atoms with van der Waals surface area (Å²) < 4.78 is 0. The number of benzene rings is 2. The number of hydrogen-bond donors (Lipinski definition) is 0. The summed E-state index contributed by atoms with van der Waals surface area (Å²) in [6.45, 7) is 5.63. The van der Waals surface area contributed by atoms with Gasteiger partial charge in [0.2, 0.25) is 11.8 Å². The molecule has 0 aromatic heterocycles. The fourth-order valence-corrected chi connectivity index (χ4v) is 7.48. The zero-order chi connectivity index (χ0) is 28.7. The molecule has 0 N–H and O–H groups in total. The van der Waals surface area contributed by atoms with Gasteiger partial charge in [-0.2, -0.15) is 0 Å². The topological polar surface area (TPSA) is 47.1 Å². The molecule has 2 amide bonds. The van der Waals surface area contributed by atoms with Gasteiger partial charge in [0.05, 0.1) is 0 Å². The predicted molar refractivity (Wildman–Crippen MR) is 170 cm³/mol. The third-order valence-corrected chi connectivity index (χ3v) is 9.39. The lowest BCUT2D eigenvalue weighted by molar-refractivity contribution is -0.137. The van der Waals surface area contributed by atoms with E-state index in [2.05, 4.69) is 92.4 Å². The van der Waals surface area contributed by atoms with Gasteiger partial charge >= 0.3 is 0 Å². The van der Waals surface area contributed by atoms with Crippen LogP contribution in [-0.4, -0.2) is 94.8 Å². The van der Waals surface area contributed by atoms with E-state index in [1.165, 1.54) is 11.1 Å². The van der Waals surface area contributed by atoms with Crippen molar-refractivity contribution in [1.29, 1.82) is 0 Å². The Labute approximate surface area is 251 Å². The number of rotatable bonds is 10. The summed E-state index contributed by atoms with van der Waals surface area (Å²) >= 11 is 0. The van der Waals surface area contributed by atoms with E-state index in [-0.39, 0.29) is 11.8 Å².